The molecule has 3 fully saturated rings. The van der Waals surface area contributed by atoms with Gasteiger partial charge in [0.2, 0.25) is 11.8 Å². The standard InChI is InChI=1S/C16H27N3O2.ClH/c17-13-8-11-4-3-5-12(9-13)16(11)18-14(20)10-19-7-2-1-6-15(19)21;/h11-13,16H,1-10,17H2,(H,18,20);1H. The highest BCUT2D eigenvalue weighted by atomic mass is 35.5. The van der Waals surface area contributed by atoms with Crippen molar-refractivity contribution >= 4 is 24.2 Å². The highest BCUT2D eigenvalue weighted by molar-refractivity contribution is 5.85. The second-order valence-corrected chi connectivity index (χ2v) is 7.05. The molecule has 2 bridgehead atoms. The van der Waals surface area contributed by atoms with E-state index in [0.29, 0.717) is 24.3 Å². The van der Waals surface area contributed by atoms with Gasteiger partial charge in [-0.2, -0.15) is 0 Å². The van der Waals surface area contributed by atoms with Crippen LogP contribution in [0.2, 0.25) is 0 Å². The molecule has 1 heterocycles. The smallest absolute Gasteiger partial charge is 0.239 e. The second kappa shape index (κ2) is 7.64. The van der Waals surface area contributed by atoms with Gasteiger partial charge in [-0.3, -0.25) is 9.59 Å². The van der Waals surface area contributed by atoms with Crippen LogP contribution in [0, 0.1) is 11.8 Å². The van der Waals surface area contributed by atoms with E-state index < -0.39 is 0 Å². The van der Waals surface area contributed by atoms with Gasteiger partial charge in [-0.05, 0) is 50.4 Å². The Labute approximate surface area is 138 Å². The molecule has 6 heteroatoms. The maximum absolute atomic E-state index is 12.3. The predicted octanol–water partition coefficient (Wildman–Crippen LogP) is 1.44. The lowest BCUT2D eigenvalue weighted by molar-refractivity contribution is -0.138. The van der Waals surface area contributed by atoms with E-state index in [1.54, 1.807) is 4.90 Å². The van der Waals surface area contributed by atoms with E-state index in [1.807, 2.05) is 0 Å². The fourth-order valence-electron chi connectivity index (χ4n) is 4.46. The molecule has 3 rings (SSSR count). The molecule has 1 saturated heterocycles. The minimum atomic E-state index is 0. The zero-order valence-corrected chi connectivity index (χ0v) is 13.9. The van der Waals surface area contributed by atoms with E-state index in [-0.39, 0.29) is 36.8 Å². The predicted molar refractivity (Wildman–Crippen MR) is 87.7 cm³/mol. The topological polar surface area (TPSA) is 75.4 Å². The number of likely N-dealkylation sites (tertiary alicyclic amines) is 1. The van der Waals surface area contributed by atoms with Crippen LogP contribution in [0.15, 0.2) is 0 Å². The first-order chi connectivity index (χ1) is 10.1. The van der Waals surface area contributed by atoms with Crippen LogP contribution in [-0.4, -0.2) is 41.9 Å². The lowest BCUT2D eigenvalue weighted by Gasteiger charge is -2.45. The number of carbonyl (C=O) groups excluding carboxylic acids is 2. The number of rotatable bonds is 3. The lowest BCUT2D eigenvalue weighted by Crippen LogP contribution is -2.55. The summed E-state index contributed by atoms with van der Waals surface area (Å²) in [6, 6.07) is 0.586. The molecule has 1 aliphatic heterocycles. The van der Waals surface area contributed by atoms with Crippen LogP contribution in [0.5, 0.6) is 0 Å². The highest BCUT2D eigenvalue weighted by Crippen LogP contribution is 2.39. The molecule has 2 saturated carbocycles. The first-order valence-corrected chi connectivity index (χ1v) is 8.46. The van der Waals surface area contributed by atoms with Crippen molar-refractivity contribution in [2.45, 2.75) is 63.5 Å². The minimum absolute atomic E-state index is 0. The third-order valence-corrected chi connectivity index (χ3v) is 5.46. The van der Waals surface area contributed by atoms with Crippen molar-refractivity contribution in [3.05, 3.63) is 0 Å². The summed E-state index contributed by atoms with van der Waals surface area (Å²) >= 11 is 0. The maximum Gasteiger partial charge on any atom is 0.239 e. The van der Waals surface area contributed by atoms with Crippen molar-refractivity contribution in [1.82, 2.24) is 10.2 Å². The Morgan fingerprint density at radius 3 is 2.50 bits per heavy atom. The van der Waals surface area contributed by atoms with Gasteiger partial charge in [0.15, 0.2) is 0 Å². The van der Waals surface area contributed by atoms with Crippen molar-refractivity contribution in [3.63, 3.8) is 0 Å². The van der Waals surface area contributed by atoms with Crippen molar-refractivity contribution in [2.75, 3.05) is 13.1 Å². The molecule has 2 amide bonds. The normalized spacial score (nSPS) is 34.8. The monoisotopic (exact) mass is 329 g/mol. The average Bonchev–Trinajstić information content (AvgIpc) is 2.42. The highest BCUT2D eigenvalue weighted by Gasteiger charge is 2.40. The molecule has 3 N–H and O–H groups in total. The number of nitrogens with zero attached hydrogens (tertiary/aromatic N) is 1. The van der Waals surface area contributed by atoms with Gasteiger partial charge in [-0.15, -0.1) is 12.4 Å². The number of halogens is 1. The number of nitrogens with one attached hydrogen (secondary N) is 1. The van der Waals surface area contributed by atoms with Crippen molar-refractivity contribution in [3.8, 4) is 0 Å². The molecule has 0 radical (unpaired) electrons. The number of nitrogens with two attached hydrogens (primary N) is 1. The Morgan fingerprint density at radius 2 is 1.86 bits per heavy atom. The summed E-state index contributed by atoms with van der Waals surface area (Å²) in [4.78, 5) is 25.8. The summed E-state index contributed by atoms with van der Waals surface area (Å²) in [5, 5.41) is 3.22. The Kier molecular flexibility index (Phi) is 6.09. The van der Waals surface area contributed by atoms with Crippen molar-refractivity contribution in [1.29, 1.82) is 0 Å². The quantitative estimate of drug-likeness (QED) is 0.822. The number of fused-ring (bicyclic) bond motifs is 2. The van der Waals surface area contributed by atoms with Crippen LogP contribution in [-0.2, 0) is 9.59 Å². The Morgan fingerprint density at radius 1 is 1.18 bits per heavy atom. The molecule has 2 aliphatic carbocycles. The summed E-state index contributed by atoms with van der Waals surface area (Å²) in [5.74, 6) is 1.21. The van der Waals surface area contributed by atoms with E-state index in [1.165, 1.54) is 19.3 Å². The first kappa shape index (κ1) is 17.5. The summed E-state index contributed by atoms with van der Waals surface area (Å²) in [5.41, 5.74) is 6.12. The van der Waals surface area contributed by atoms with Gasteiger partial charge in [0.25, 0.3) is 0 Å². The third-order valence-electron chi connectivity index (χ3n) is 5.46. The molecule has 0 aromatic rings. The SMILES string of the molecule is Cl.NC1CC2CCCC(C1)C2NC(=O)CN1CCCCC1=O. The first-order valence-electron chi connectivity index (χ1n) is 8.46. The zero-order valence-electron chi connectivity index (χ0n) is 13.1. The lowest BCUT2D eigenvalue weighted by atomic mass is 9.67. The number of amides is 2. The molecule has 3 aliphatic rings. The fourth-order valence-corrected chi connectivity index (χ4v) is 4.46. The Hall–Kier alpha value is -0.810. The van der Waals surface area contributed by atoms with E-state index in [0.717, 1.165) is 32.2 Å². The molecule has 2 atom stereocenters. The summed E-state index contributed by atoms with van der Waals surface area (Å²) in [6.45, 7) is 0.968. The van der Waals surface area contributed by atoms with Crippen LogP contribution in [0.4, 0.5) is 0 Å². The molecular formula is C16H28ClN3O2. The van der Waals surface area contributed by atoms with Gasteiger partial charge in [0, 0.05) is 25.0 Å². The maximum atomic E-state index is 12.3. The van der Waals surface area contributed by atoms with Gasteiger partial charge in [0.05, 0.1) is 6.54 Å². The summed E-state index contributed by atoms with van der Waals surface area (Å²) in [7, 11) is 0. The van der Waals surface area contributed by atoms with Crippen LogP contribution in [0.25, 0.3) is 0 Å². The molecule has 5 nitrogen and oxygen atoms in total. The fraction of sp³-hybridized carbons (Fsp3) is 0.875. The molecule has 0 aromatic carbocycles. The van der Waals surface area contributed by atoms with Crippen LogP contribution >= 0.6 is 12.4 Å². The molecule has 126 valence electrons. The van der Waals surface area contributed by atoms with E-state index in [2.05, 4.69) is 5.32 Å². The van der Waals surface area contributed by atoms with Crippen molar-refractivity contribution < 1.29 is 9.59 Å². The van der Waals surface area contributed by atoms with E-state index in [4.69, 9.17) is 5.73 Å². The Balaban J connectivity index is 0.00000176. The van der Waals surface area contributed by atoms with Crippen LogP contribution in [0.1, 0.15) is 51.4 Å². The molecule has 2 unspecified atom stereocenters. The van der Waals surface area contributed by atoms with Crippen LogP contribution < -0.4 is 11.1 Å². The molecular weight excluding hydrogens is 302 g/mol. The summed E-state index contributed by atoms with van der Waals surface area (Å²) < 4.78 is 0. The van der Waals surface area contributed by atoms with Gasteiger partial charge >= 0.3 is 0 Å². The number of hydrogen-bond donors (Lipinski definition) is 2. The average molecular weight is 330 g/mol. The van der Waals surface area contributed by atoms with Gasteiger partial charge in [-0.1, -0.05) is 6.42 Å². The minimum Gasteiger partial charge on any atom is -0.351 e. The largest absolute Gasteiger partial charge is 0.351 e. The Bertz CT molecular complexity index is 404. The molecule has 22 heavy (non-hydrogen) atoms. The second-order valence-electron chi connectivity index (χ2n) is 7.05. The van der Waals surface area contributed by atoms with Crippen LogP contribution in [0.3, 0.4) is 0 Å². The van der Waals surface area contributed by atoms with Gasteiger partial charge < -0.3 is 16.0 Å². The number of carbonyl (C=O) groups is 2. The molecule has 0 aromatic heterocycles. The number of hydrogen-bond acceptors (Lipinski definition) is 3. The van der Waals surface area contributed by atoms with Crippen molar-refractivity contribution in [2.24, 2.45) is 17.6 Å². The third kappa shape index (κ3) is 3.93. The van der Waals surface area contributed by atoms with Gasteiger partial charge in [0.1, 0.15) is 0 Å². The molecule has 0 spiro atoms. The van der Waals surface area contributed by atoms with Gasteiger partial charge in [-0.25, -0.2) is 0 Å². The van der Waals surface area contributed by atoms with E-state index >= 15 is 0 Å². The zero-order chi connectivity index (χ0) is 14.8. The summed E-state index contributed by atoms with van der Waals surface area (Å²) in [6.07, 6.45) is 8.25. The number of piperidine rings is 1. The van der Waals surface area contributed by atoms with E-state index in [9.17, 15) is 9.59 Å².